The van der Waals surface area contributed by atoms with Crippen molar-refractivity contribution in [3.63, 3.8) is 0 Å². The minimum absolute atomic E-state index is 0.639. The van der Waals surface area contributed by atoms with Gasteiger partial charge in [-0.3, -0.25) is 4.98 Å². The molecule has 0 radical (unpaired) electrons. The van der Waals surface area contributed by atoms with Crippen LogP contribution in [-0.2, 0) is 11.8 Å². The van der Waals surface area contributed by atoms with Crippen molar-refractivity contribution in [2.75, 3.05) is 6.61 Å². The van der Waals surface area contributed by atoms with Crippen LogP contribution in [0.5, 0.6) is 5.75 Å². The Morgan fingerprint density at radius 1 is 1.17 bits per heavy atom. The van der Waals surface area contributed by atoms with E-state index in [1.165, 1.54) is 5.56 Å². The summed E-state index contributed by atoms with van der Waals surface area (Å²) in [6.07, 6.45) is 2.62. The van der Waals surface area contributed by atoms with Crippen molar-refractivity contribution >= 4 is 31.9 Å². The quantitative estimate of drug-likeness (QED) is 0.729. The zero-order valence-electron chi connectivity index (χ0n) is 9.77. The van der Waals surface area contributed by atoms with Gasteiger partial charge in [-0.25, -0.2) is 0 Å². The van der Waals surface area contributed by atoms with Crippen LogP contribution >= 0.6 is 31.9 Å². The third-order valence-corrected chi connectivity index (χ3v) is 3.89. The first-order valence-corrected chi connectivity index (χ1v) is 7.58. The molecule has 0 saturated heterocycles. The molecular formula is C14H13Br2NO. The largest absolute Gasteiger partial charge is 0.493 e. The van der Waals surface area contributed by atoms with Crippen molar-refractivity contribution in [3.8, 4) is 5.75 Å². The molecule has 4 heteroatoms. The highest BCUT2D eigenvalue weighted by Gasteiger charge is 2.01. The average Bonchev–Trinajstić information content (AvgIpc) is 2.42. The molecule has 0 bridgehead atoms. The molecule has 2 nitrogen and oxygen atoms in total. The SMILES string of the molecule is BrCc1cc(OCCc2ccccn2)ccc1Br. The predicted molar refractivity (Wildman–Crippen MR) is 80.2 cm³/mol. The fourth-order valence-electron chi connectivity index (χ4n) is 1.56. The Kier molecular flexibility index (Phi) is 5.20. The van der Waals surface area contributed by atoms with Crippen molar-refractivity contribution < 1.29 is 4.74 Å². The van der Waals surface area contributed by atoms with Crippen LogP contribution in [-0.4, -0.2) is 11.6 Å². The van der Waals surface area contributed by atoms with E-state index in [2.05, 4.69) is 36.8 Å². The molecule has 0 atom stereocenters. The maximum absolute atomic E-state index is 5.73. The molecular weight excluding hydrogens is 358 g/mol. The first kappa shape index (κ1) is 13.6. The topological polar surface area (TPSA) is 22.1 Å². The van der Waals surface area contributed by atoms with Gasteiger partial charge in [0.1, 0.15) is 5.75 Å². The average molecular weight is 371 g/mol. The van der Waals surface area contributed by atoms with E-state index < -0.39 is 0 Å². The highest BCUT2D eigenvalue weighted by molar-refractivity contribution is 9.10. The molecule has 1 aromatic heterocycles. The molecule has 0 spiro atoms. The van der Waals surface area contributed by atoms with Gasteiger partial charge in [0.25, 0.3) is 0 Å². The zero-order valence-corrected chi connectivity index (χ0v) is 12.9. The van der Waals surface area contributed by atoms with Crippen LogP contribution < -0.4 is 4.74 Å². The summed E-state index contributed by atoms with van der Waals surface area (Å²) in [5, 5.41) is 0.811. The lowest BCUT2D eigenvalue weighted by atomic mass is 10.2. The molecule has 0 aliphatic rings. The van der Waals surface area contributed by atoms with Crippen LogP contribution in [0.25, 0.3) is 0 Å². The zero-order chi connectivity index (χ0) is 12.8. The Morgan fingerprint density at radius 2 is 2.06 bits per heavy atom. The normalized spacial score (nSPS) is 10.3. The molecule has 2 rings (SSSR count). The number of aromatic nitrogens is 1. The van der Waals surface area contributed by atoms with Crippen molar-refractivity contribution in [2.45, 2.75) is 11.8 Å². The fourth-order valence-corrected chi connectivity index (χ4v) is 2.79. The second-order valence-corrected chi connectivity index (χ2v) is 5.22. The lowest BCUT2D eigenvalue weighted by molar-refractivity contribution is 0.320. The summed E-state index contributed by atoms with van der Waals surface area (Å²) in [6.45, 7) is 0.639. The smallest absolute Gasteiger partial charge is 0.119 e. The van der Waals surface area contributed by atoms with Crippen molar-refractivity contribution in [3.05, 3.63) is 58.3 Å². The molecule has 1 heterocycles. The maximum Gasteiger partial charge on any atom is 0.119 e. The van der Waals surface area contributed by atoms with Gasteiger partial charge in [-0.2, -0.15) is 0 Å². The van der Waals surface area contributed by atoms with Crippen molar-refractivity contribution in [2.24, 2.45) is 0 Å². The number of benzene rings is 1. The number of pyridine rings is 1. The molecule has 0 fully saturated rings. The van der Waals surface area contributed by atoms with E-state index in [4.69, 9.17) is 4.74 Å². The lowest BCUT2D eigenvalue weighted by Crippen LogP contribution is -2.02. The van der Waals surface area contributed by atoms with Crippen LogP contribution in [0.3, 0.4) is 0 Å². The molecule has 18 heavy (non-hydrogen) atoms. The summed E-state index contributed by atoms with van der Waals surface area (Å²) in [5.41, 5.74) is 2.24. The number of hydrogen-bond acceptors (Lipinski definition) is 2. The molecule has 0 saturated carbocycles. The van der Waals surface area contributed by atoms with Crippen LogP contribution in [0, 0.1) is 0 Å². The van der Waals surface area contributed by atoms with E-state index in [0.29, 0.717) is 6.61 Å². The molecule has 1 aromatic carbocycles. The number of ether oxygens (including phenoxy) is 1. The third-order valence-electron chi connectivity index (χ3n) is 2.51. The van der Waals surface area contributed by atoms with E-state index in [9.17, 15) is 0 Å². The van der Waals surface area contributed by atoms with Gasteiger partial charge >= 0.3 is 0 Å². The Hall–Kier alpha value is -0.870. The summed E-state index contributed by atoms with van der Waals surface area (Å²) >= 11 is 6.95. The van der Waals surface area contributed by atoms with Gasteiger partial charge in [0.05, 0.1) is 6.61 Å². The van der Waals surface area contributed by atoms with Gasteiger partial charge in [0.2, 0.25) is 0 Å². The lowest BCUT2D eigenvalue weighted by Gasteiger charge is -2.08. The maximum atomic E-state index is 5.73. The fraction of sp³-hybridized carbons (Fsp3) is 0.214. The second kappa shape index (κ2) is 6.90. The van der Waals surface area contributed by atoms with Crippen LogP contribution in [0.2, 0.25) is 0 Å². The minimum atomic E-state index is 0.639. The van der Waals surface area contributed by atoms with E-state index in [0.717, 1.165) is 27.7 Å². The third kappa shape index (κ3) is 3.82. The first-order valence-electron chi connectivity index (χ1n) is 5.66. The van der Waals surface area contributed by atoms with Gasteiger partial charge in [0, 0.05) is 28.1 Å². The van der Waals surface area contributed by atoms with E-state index in [-0.39, 0.29) is 0 Å². The van der Waals surface area contributed by atoms with E-state index in [1.54, 1.807) is 6.20 Å². The molecule has 94 valence electrons. The molecule has 0 N–H and O–H groups in total. The number of halogens is 2. The van der Waals surface area contributed by atoms with Gasteiger partial charge in [-0.1, -0.05) is 37.9 Å². The number of alkyl halides is 1. The van der Waals surface area contributed by atoms with Crippen LogP contribution in [0.15, 0.2) is 47.1 Å². The monoisotopic (exact) mass is 369 g/mol. The Labute approximate surface area is 124 Å². The molecule has 0 amide bonds. The molecule has 0 aliphatic carbocycles. The highest BCUT2D eigenvalue weighted by atomic mass is 79.9. The van der Waals surface area contributed by atoms with Gasteiger partial charge in [0.15, 0.2) is 0 Å². The number of hydrogen-bond donors (Lipinski definition) is 0. The second-order valence-electron chi connectivity index (χ2n) is 3.81. The Bertz CT molecular complexity index is 502. The van der Waals surface area contributed by atoms with E-state index in [1.807, 2.05) is 36.4 Å². The standard InChI is InChI=1S/C14H13Br2NO/c15-10-11-9-13(4-5-14(11)16)18-8-6-12-3-1-2-7-17-12/h1-5,7,9H,6,8,10H2. The van der Waals surface area contributed by atoms with Gasteiger partial charge in [-0.05, 0) is 35.9 Å². The summed E-state index contributed by atoms with van der Waals surface area (Å²) < 4.78 is 6.82. The van der Waals surface area contributed by atoms with Crippen LogP contribution in [0.4, 0.5) is 0 Å². The molecule has 0 aliphatic heterocycles. The number of nitrogens with zero attached hydrogens (tertiary/aromatic N) is 1. The predicted octanol–water partition coefficient (Wildman–Crippen LogP) is 4.36. The Balaban J connectivity index is 1.91. The first-order chi connectivity index (χ1) is 8.79. The molecule has 0 unspecified atom stereocenters. The number of rotatable bonds is 5. The summed E-state index contributed by atoms with van der Waals surface area (Å²) in [7, 11) is 0. The van der Waals surface area contributed by atoms with E-state index >= 15 is 0 Å². The minimum Gasteiger partial charge on any atom is -0.493 e. The Morgan fingerprint density at radius 3 is 2.78 bits per heavy atom. The highest BCUT2D eigenvalue weighted by Crippen LogP contribution is 2.24. The molecule has 2 aromatic rings. The van der Waals surface area contributed by atoms with Gasteiger partial charge in [-0.15, -0.1) is 0 Å². The summed E-state index contributed by atoms with van der Waals surface area (Å²) in [6, 6.07) is 11.9. The van der Waals surface area contributed by atoms with Crippen molar-refractivity contribution in [1.82, 2.24) is 4.98 Å². The van der Waals surface area contributed by atoms with Crippen LogP contribution in [0.1, 0.15) is 11.3 Å². The van der Waals surface area contributed by atoms with Gasteiger partial charge < -0.3 is 4.74 Å². The summed E-state index contributed by atoms with van der Waals surface area (Å²) in [4.78, 5) is 4.26. The summed E-state index contributed by atoms with van der Waals surface area (Å²) in [5.74, 6) is 0.892. The van der Waals surface area contributed by atoms with Crippen molar-refractivity contribution in [1.29, 1.82) is 0 Å².